The minimum atomic E-state index is -0.339. The summed E-state index contributed by atoms with van der Waals surface area (Å²) in [5, 5.41) is 1.04. The van der Waals surface area contributed by atoms with Crippen LogP contribution in [0, 0.1) is 0 Å². The molecule has 0 aliphatic heterocycles. The highest BCUT2D eigenvalue weighted by atomic mass is 16.5. The number of nitrogens with zero attached hydrogens (tertiary/aromatic N) is 1. The van der Waals surface area contributed by atoms with E-state index in [9.17, 15) is 4.79 Å². The van der Waals surface area contributed by atoms with Gasteiger partial charge in [0, 0.05) is 29.5 Å². The fraction of sp³-hybridized carbons (Fsp3) is 0.0667. The van der Waals surface area contributed by atoms with E-state index >= 15 is 0 Å². The lowest BCUT2D eigenvalue weighted by atomic mass is 10.1. The Bertz CT molecular complexity index is 700. The Labute approximate surface area is 110 Å². The minimum Gasteiger partial charge on any atom is -0.457 e. The molecule has 0 atom stereocenters. The molecule has 2 heterocycles. The van der Waals surface area contributed by atoms with Gasteiger partial charge in [-0.05, 0) is 12.1 Å². The van der Waals surface area contributed by atoms with Gasteiger partial charge < -0.3 is 9.72 Å². The molecule has 4 heteroatoms. The van der Waals surface area contributed by atoms with Crippen molar-refractivity contribution in [3.8, 4) is 0 Å². The number of para-hydroxylation sites is 1. The van der Waals surface area contributed by atoms with Gasteiger partial charge in [0.05, 0.1) is 11.1 Å². The SMILES string of the molecule is O=C(OCc1cccc2cccnc12)c1cc[nH]c1. The van der Waals surface area contributed by atoms with Gasteiger partial charge in [-0.2, -0.15) is 0 Å². The van der Waals surface area contributed by atoms with Crippen LogP contribution in [0.4, 0.5) is 0 Å². The van der Waals surface area contributed by atoms with Crippen molar-refractivity contribution in [2.24, 2.45) is 0 Å². The van der Waals surface area contributed by atoms with Crippen LogP contribution in [0.2, 0.25) is 0 Å². The van der Waals surface area contributed by atoms with Gasteiger partial charge in [-0.3, -0.25) is 4.98 Å². The average molecular weight is 252 g/mol. The van der Waals surface area contributed by atoms with Crippen LogP contribution in [0.25, 0.3) is 10.9 Å². The first kappa shape index (κ1) is 11.5. The fourth-order valence-corrected chi connectivity index (χ4v) is 1.96. The maximum absolute atomic E-state index is 11.8. The van der Waals surface area contributed by atoms with E-state index in [1.54, 1.807) is 24.7 Å². The first-order valence-electron chi connectivity index (χ1n) is 5.97. The van der Waals surface area contributed by atoms with E-state index in [-0.39, 0.29) is 12.6 Å². The van der Waals surface area contributed by atoms with Crippen LogP contribution in [-0.2, 0) is 11.3 Å². The van der Waals surface area contributed by atoms with Gasteiger partial charge in [0.2, 0.25) is 0 Å². The topological polar surface area (TPSA) is 55.0 Å². The van der Waals surface area contributed by atoms with Crippen LogP contribution in [0.5, 0.6) is 0 Å². The molecular formula is C15H12N2O2. The summed E-state index contributed by atoms with van der Waals surface area (Å²) in [7, 11) is 0. The largest absolute Gasteiger partial charge is 0.457 e. The molecule has 0 aliphatic carbocycles. The number of hydrogen-bond acceptors (Lipinski definition) is 3. The molecule has 1 N–H and O–H groups in total. The van der Waals surface area contributed by atoms with Crippen molar-refractivity contribution in [3.63, 3.8) is 0 Å². The zero-order chi connectivity index (χ0) is 13.1. The van der Waals surface area contributed by atoms with Crippen LogP contribution in [0.3, 0.4) is 0 Å². The minimum absolute atomic E-state index is 0.221. The Balaban J connectivity index is 1.81. The normalized spacial score (nSPS) is 10.5. The van der Waals surface area contributed by atoms with Crippen LogP contribution < -0.4 is 0 Å². The quantitative estimate of drug-likeness (QED) is 0.729. The number of aromatic amines is 1. The number of carbonyl (C=O) groups excluding carboxylic acids is 1. The van der Waals surface area contributed by atoms with Crippen LogP contribution >= 0.6 is 0 Å². The van der Waals surface area contributed by atoms with Crippen LogP contribution in [0.15, 0.2) is 55.0 Å². The Hall–Kier alpha value is -2.62. The number of hydrogen-bond donors (Lipinski definition) is 1. The molecule has 4 nitrogen and oxygen atoms in total. The summed E-state index contributed by atoms with van der Waals surface area (Å²) in [4.78, 5) is 18.9. The lowest BCUT2D eigenvalue weighted by Gasteiger charge is -2.06. The molecule has 3 aromatic rings. The second-order valence-electron chi connectivity index (χ2n) is 4.17. The van der Waals surface area contributed by atoms with Crippen molar-refractivity contribution in [2.75, 3.05) is 0 Å². The molecule has 3 rings (SSSR count). The van der Waals surface area contributed by atoms with E-state index < -0.39 is 0 Å². The first-order valence-corrected chi connectivity index (χ1v) is 5.97. The Morgan fingerprint density at radius 2 is 2.11 bits per heavy atom. The highest BCUT2D eigenvalue weighted by molar-refractivity contribution is 5.89. The standard InChI is InChI=1S/C15H12N2O2/c18-15(12-6-8-16-9-12)19-10-13-4-1-3-11-5-2-7-17-14(11)13/h1-9,16H,10H2. The summed E-state index contributed by atoms with van der Waals surface area (Å²) >= 11 is 0. The molecule has 0 saturated heterocycles. The molecule has 2 aromatic heterocycles. The van der Waals surface area contributed by atoms with Crippen molar-refractivity contribution < 1.29 is 9.53 Å². The van der Waals surface area contributed by atoms with Gasteiger partial charge >= 0.3 is 5.97 Å². The van der Waals surface area contributed by atoms with Crippen LogP contribution in [0.1, 0.15) is 15.9 Å². The number of benzene rings is 1. The smallest absolute Gasteiger partial charge is 0.340 e. The van der Waals surface area contributed by atoms with E-state index in [2.05, 4.69) is 9.97 Å². The lowest BCUT2D eigenvalue weighted by molar-refractivity contribution is 0.0474. The highest BCUT2D eigenvalue weighted by Crippen LogP contribution is 2.17. The maximum atomic E-state index is 11.8. The van der Waals surface area contributed by atoms with Crippen molar-refractivity contribution >= 4 is 16.9 Å². The zero-order valence-electron chi connectivity index (χ0n) is 10.2. The third-order valence-electron chi connectivity index (χ3n) is 2.91. The average Bonchev–Trinajstić information content (AvgIpc) is 2.99. The van der Waals surface area contributed by atoms with E-state index in [1.165, 1.54) is 0 Å². The number of rotatable bonds is 3. The molecule has 94 valence electrons. The van der Waals surface area contributed by atoms with Crippen molar-refractivity contribution in [3.05, 3.63) is 66.1 Å². The second kappa shape index (κ2) is 4.94. The molecule has 0 radical (unpaired) electrons. The van der Waals surface area contributed by atoms with Gasteiger partial charge in [0.15, 0.2) is 0 Å². The zero-order valence-corrected chi connectivity index (χ0v) is 10.2. The number of ether oxygens (including phenoxy) is 1. The Kier molecular flexibility index (Phi) is 2.98. The number of esters is 1. The summed E-state index contributed by atoms with van der Waals surface area (Å²) < 4.78 is 5.28. The Morgan fingerprint density at radius 1 is 1.21 bits per heavy atom. The number of carbonyl (C=O) groups is 1. The number of aromatic nitrogens is 2. The third-order valence-corrected chi connectivity index (χ3v) is 2.91. The van der Waals surface area contributed by atoms with E-state index in [1.807, 2.05) is 30.3 Å². The predicted molar refractivity (Wildman–Crippen MR) is 71.7 cm³/mol. The molecule has 0 fully saturated rings. The van der Waals surface area contributed by atoms with Crippen molar-refractivity contribution in [1.29, 1.82) is 0 Å². The summed E-state index contributed by atoms with van der Waals surface area (Å²) in [6.07, 6.45) is 5.04. The van der Waals surface area contributed by atoms with Gasteiger partial charge in [0.25, 0.3) is 0 Å². The maximum Gasteiger partial charge on any atom is 0.340 e. The summed E-state index contributed by atoms with van der Waals surface area (Å²) in [5.41, 5.74) is 2.29. The first-order chi connectivity index (χ1) is 9.34. The molecule has 0 aliphatic rings. The van der Waals surface area contributed by atoms with Gasteiger partial charge in [-0.25, -0.2) is 4.79 Å². The number of H-pyrrole nitrogens is 1. The number of fused-ring (bicyclic) bond motifs is 1. The molecular weight excluding hydrogens is 240 g/mol. The molecule has 0 saturated carbocycles. The van der Waals surface area contributed by atoms with E-state index in [4.69, 9.17) is 4.74 Å². The van der Waals surface area contributed by atoms with E-state index in [0.717, 1.165) is 16.5 Å². The predicted octanol–water partition coefficient (Wildman–Crippen LogP) is 2.92. The Morgan fingerprint density at radius 3 is 2.95 bits per heavy atom. The number of nitrogens with one attached hydrogen (secondary N) is 1. The van der Waals surface area contributed by atoms with Gasteiger partial charge in [0.1, 0.15) is 6.61 Å². The van der Waals surface area contributed by atoms with Gasteiger partial charge in [-0.1, -0.05) is 24.3 Å². The molecule has 1 aromatic carbocycles. The summed E-state index contributed by atoms with van der Waals surface area (Å²) in [6.45, 7) is 0.221. The summed E-state index contributed by atoms with van der Waals surface area (Å²) in [5.74, 6) is -0.339. The summed E-state index contributed by atoms with van der Waals surface area (Å²) in [6, 6.07) is 11.4. The van der Waals surface area contributed by atoms with Crippen molar-refractivity contribution in [1.82, 2.24) is 9.97 Å². The fourth-order valence-electron chi connectivity index (χ4n) is 1.96. The lowest BCUT2D eigenvalue weighted by Crippen LogP contribution is -2.04. The molecule has 0 bridgehead atoms. The van der Waals surface area contributed by atoms with Gasteiger partial charge in [-0.15, -0.1) is 0 Å². The molecule has 0 amide bonds. The van der Waals surface area contributed by atoms with Crippen LogP contribution in [-0.4, -0.2) is 15.9 Å². The molecule has 0 unspecified atom stereocenters. The molecule has 19 heavy (non-hydrogen) atoms. The number of pyridine rings is 1. The molecule has 0 spiro atoms. The highest BCUT2D eigenvalue weighted by Gasteiger charge is 2.09. The third kappa shape index (κ3) is 2.33. The van der Waals surface area contributed by atoms with Crippen molar-refractivity contribution in [2.45, 2.75) is 6.61 Å². The monoisotopic (exact) mass is 252 g/mol. The van der Waals surface area contributed by atoms with E-state index in [0.29, 0.717) is 5.56 Å². The second-order valence-corrected chi connectivity index (χ2v) is 4.17.